The van der Waals surface area contributed by atoms with Crippen molar-refractivity contribution < 1.29 is 17.9 Å². The van der Waals surface area contributed by atoms with E-state index in [1.807, 2.05) is 0 Å². The van der Waals surface area contributed by atoms with Gasteiger partial charge in [0.15, 0.2) is 5.03 Å². The number of anilines is 1. The van der Waals surface area contributed by atoms with Crippen LogP contribution in [-0.2, 0) is 53.6 Å². The Morgan fingerprint density at radius 2 is 1.82 bits per heavy atom. The molecule has 0 unspecified atom stereocenters. The quantitative estimate of drug-likeness (QED) is 0.816. The van der Waals surface area contributed by atoms with E-state index in [9.17, 15) is 13.2 Å². The number of rotatable bonds is 3. The first-order valence-corrected chi connectivity index (χ1v) is 11.1. The Balaban J connectivity index is 1.41. The summed E-state index contributed by atoms with van der Waals surface area (Å²) < 4.78 is 34.5. The smallest absolute Gasteiger partial charge is 0.333 e. The summed E-state index contributed by atoms with van der Waals surface area (Å²) in [5.41, 5.74) is 5.70. The lowest BCUT2D eigenvalue weighted by Gasteiger charge is -2.18. The standard InChI is InChI=1S/C19H22N4O4S/c24-19(22-28(25,26)17-10-20-16-11-27-8-7-23(16)17)21-18-14-5-1-3-12(14)9-13-4-2-6-15(13)18/h9-10H,1-8,11H2,(H2,21,22,24). The van der Waals surface area contributed by atoms with E-state index in [2.05, 4.69) is 21.1 Å². The van der Waals surface area contributed by atoms with Crippen molar-refractivity contribution in [3.63, 3.8) is 0 Å². The molecule has 0 spiro atoms. The minimum Gasteiger partial charge on any atom is -0.372 e. The van der Waals surface area contributed by atoms with Gasteiger partial charge in [-0.3, -0.25) is 0 Å². The molecule has 2 aromatic rings. The Labute approximate surface area is 163 Å². The molecule has 0 radical (unpaired) electrons. The number of nitrogens with zero attached hydrogens (tertiary/aromatic N) is 2. The average molecular weight is 402 g/mol. The van der Waals surface area contributed by atoms with Crippen LogP contribution in [0.1, 0.15) is 40.9 Å². The van der Waals surface area contributed by atoms with Crippen molar-refractivity contribution in [3.05, 3.63) is 40.3 Å². The maximum atomic E-state index is 12.8. The number of hydrogen-bond donors (Lipinski definition) is 2. The molecule has 1 aromatic carbocycles. The Hall–Kier alpha value is -2.39. The molecule has 0 bridgehead atoms. The number of sulfonamides is 1. The molecular formula is C19H22N4O4S. The SMILES string of the molecule is O=C(Nc1c2c(cc3c1CCC3)CCC2)NS(=O)(=O)c1cnc2n1CCOC2. The van der Waals surface area contributed by atoms with Gasteiger partial charge in [0.05, 0.1) is 12.8 Å². The molecule has 3 aliphatic rings. The van der Waals surface area contributed by atoms with E-state index in [0.29, 0.717) is 19.0 Å². The number of amides is 2. The Morgan fingerprint density at radius 1 is 1.11 bits per heavy atom. The number of benzene rings is 1. The maximum absolute atomic E-state index is 12.8. The number of urea groups is 1. The van der Waals surface area contributed by atoms with E-state index in [4.69, 9.17) is 4.74 Å². The number of carbonyl (C=O) groups excluding carboxylic acids is 1. The lowest BCUT2D eigenvalue weighted by atomic mass is 9.99. The van der Waals surface area contributed by atoms with Crippen molar-refractivity contribution >= 4 is 21.7 Å². The Morgan fingerprint density at radius 3 is 2.54 bits per heavy atom. The molecule has 1 aliphatic heterocycles. The van der Waals surface area contributed by atoms with Crippen LogP contribution in [0.2, 0.25) is 0 Å². The van der Waals surface area contributed by atoms with Crippen molar-refractivity contribution in [1.82, 2.24) is 14.3 Å². The summed E-state index contributed by atoms with van der Waals surface area (Å²) in [7, 11) is -4.02. The fourth-order valence-electron chi connectivity index (χ4n) is 4.57. The number of fused-ring (bicyclic) bond motifs is 3. The number of ether oxygens (including phenoxy) is 1. The molecule has 9 heteroatoms. The van der Waals surface area contributed by atoms with Crippen LogP contribution in [0, 0.1) is 0 Å². The number of aromatic nitrogens is 2. The highest BCUT2D eigenvalue weighted by atomic mass is 32.2. The van der Waals surface area contributed by atoms with E-state index >= 15 is 0 Å². The van der Waals surface area contributed by atoms with Crippen LogP contribution in [0.5, 0.6) is 0 Å². The molecule has 1 aromatic heterocycles. The van der Waals surface area contributed by atoms with Crippen molar-refractivity contribution in [2.24, 2.45) is 0 Å². The van der Waals surface area contributed by atoms with Crippen LogP contribution in [0.3, 0.4) is 0 Å². The molecule has 0 saturated carbocycles. The average Bonchev–Trinajstić information content (AvgIpc) is 3.39. The van der Waals surface area contributed by atoms with Crippen molar-refractivity contribution in [2.75, 3.05) is 11.9 Å². The number of aryl methyl sites for hydroxylation is 2. The first kappa shape index (κ1) is 17.7. The van der Waals surface area contributed by atoms with Gasteiger partial charge in [-0.15, -0.1) is 0 Å². The second-order valence-electron chi connectivity index (χ2n) is 7.51. The molecule has 0 atom stereocenters. The number of nitrogens with one attached hydrogen (secondary N) is 2. The van der Waals surface area contributed by atoms with Gasteiger partial charge in [0.25, 0.3) is 10.0 Å². The number of hydrogen-bond acceptors (Lipinski definition) is 5. The van der Waals surface area contributed by atoms with E-state index in [1.165, 1.54) is 17.3 Å². The summed E-state index contributed by atoms with van der Waals surface area (Å²) in [4.78, 5) is 16.7. The highest BCUT2D eigenvalue weighted by molar-refractivity contribution is 7.90. The van der Waals surface area contributed by atoms with E-state index in [0.717, 1.165) is 55.3 Å². The summed E-state index contributed by atoms with van der Waals surface area (Å²) in [5.74, 6) is 0.547. The van der Waals surface area contributed by atoms with Gasteiger partial charge in [-0.1, -0.05) is 6.07 Å². The minimum atomic E-state index is -4.02. The molecule has 2 heterocycles. The summed E-state index contributed by atoms with van der Waals surface area (Å²) in [5, 5.41) is 2.85. The molecule has 0 fully saturated rings. The molecule has 2 amide bonds. The maximum Gasteiger partial charge on any atom is 0.333 e. The molecule has 0 saturated heterocycles. The van der Waals surface area contributed by atoms with Crippen LogP contribution in [0.15, 0.2) is 17.3 Å². The van der Waals surface area contributed by atoms with Gasteiger partial charge in [0.2, 0.25) is 0 Å². The molecule has 2 aliphatic carbocycles. The van der Waals surface area contributed by atoms with Crippen molar-refractivity contribution in [1.29, 1.82) is 0 Å². The largest absolute Gasteiger partial charge is 0.372 e. The summed E-state index contributed by atoms with van der Waals surface area (Å²) in [6.45, 7) is 1.08. The summed E-state index contributed by atoms with van der Waals surface area (Å²) >= 11 is 0. The highest BCUT2D eigenvalue weighted by Crippen LogP contribution is 2.38. The molecule has 148 valence electrons. The lowest BCUT2D eigenvalue weighted by Crippen LogP contribution is -2.36. The zero-order chi connectivity index (χ0) is 19.3. The Kier molecular flexibility index (Phi) is 4.17. The van der Waals surface area contributed by atoms with Gasteiger partial charge in [-0.25, -0.2) is 14.5 Å². The van der Waals surface area contributed by atoms with Crippen molar-refractivity contribution in [2.45, 2.75) is 56.7 Å². The fourth-order valence-corrected chi connectivity index (χ4v) is 5.64. The molecular weight excluding hydrogens is 380 g/mol. The van der Waals surface area contributed by atoms with Gasteiger partial charge in [-0.05, 0) is 60.8 Å². The minimum absolute atomic E-state index is 0.00975. The van der Waals surface area contributed by atoms with Crippen LogP contribution < -0.4 is 10.0 Å². The third-order valence-corrected chi connectivity index (χ3v) is 7.14. The molecule has 8 nitrogen and oxygen atoms in total. The third-order valence-electron chi connectivity index (χ3n) is 5.81. The van der Waals surface area contributed by atoms with Crippen LogP contribution in [-0.4, -0.2) is 30.6 Å². The van der Waals surface area contributed by atoms with Crippen molar-refractivity contribution in [3.8, 4) is 0 Å². The molecule has 28 heavy (non-hydrogen) atoms. The fraction of sp³-hybridized carbons (Fsp3) is 0.474. The molecule has 5 rings (SSSR count). The highest BCUT2D eigenvalue weighted by Gasteiger charge is 2.28. The predicted molar refractivity (Wildman–Crippen MR) is 102 cm³/mol. The first-order chi connectivity index (χ1) is 13.5. The first-order valence-electron chi connectivity index (χ1n) is 9.65. The third kappa shape index (κ3) is 2.89. The van der Waals surface area contributed by atoms with Crippen LogP contribution in [0.4, 0.5) is 10.5 Å². The van der Waals surface area contributed by atoms with Gasteiger partial charge < -0.3 is 14.6 Å². The Bertz CT molecular complexity index is 1040. The zero-order valence-corrected chi connectivity index (χ0v) is 16.3. The van der Waals surface area contributed by atoms with Crippen LogP contribution >= 0.6 is 0 Å². The van der Waals surface area contributed by atoms with Gasteiger partial charge >= 0.3 is 6.03 Å². The lowest BCUT2D eigenvalue weighted by molar-refractivity contribution is 0.0786. The molecule has 2 N–H and O–H groups in total. The number of imidazole rings is 1. The normalized spacial score (nSPS) is 17.7. The summed E-state index contributed by atoms with van der Waals surface area (Å²) in [6, 6.07) is 1.54. The topological polar surface area (TPSA) is 102 Å². The predicted octanol–water partition coefficient (Wildman–Crippen LogP) is 1.90. The van der Waals surface area contributed by atoms with Gasteiger partial charge in [0.1, 0.15) is 12.4 Å². The van der Waals surface area contributed by atoms with E-state index in [-0.39, 0.29) is 11.6 Å². The zero-order valence-electron chi connectivity index (χ0n) is 15.5. The second kappa shape index (κ2) is 6.59. The number of carbonyl (C=O) groups is 1. The monoisotopic (exact) mass is 402 g/mol. The van der Waals surface area contributed by atoms with E-state index < -0.39 is 16.1 Å². The second-order valence-corrected chi connectivity index (χ2v) is 9.14. The van der Waals surface area contributed by atoms with E-state index in [1.54, 1.807) is 4.57 Å². The summed E-state index contributed by atoms with van der Waals surface area (Å²) in [6.07, 6.45) is 7.27. The van der Waals surface area contributed by atoms with Crippen LogP contribution in [0.25, 0.3) is 0 Å². The van der Waals surface area contributed by atoms with Gasteiger partial charge in [0, 0.05) is 12.2 Å². The van der Waals surface area contributed by atoms with Gasteiger partial charge in [-0.2, -0.15) is 8.42 Å².